The predicted molar refractivity (Wildman–Crippen MR) is 89.4 cm³/mol. The van der Waals surface area contributed by atoms with Gasteiger partial charge in [-0.3, -0.25) is 4.79 Å². The van der Waals surface area contributed by atoms with Crippen LogP contribution in [0.25, 0.3) is 0 Å². The minimum Gasteiger partial charge on any atom is -0.381 e. The summed E-state index contributed by atoms with van der Waals surface area (Å²) in [5.74, 6) is 0.788. The molecule has 0 aromatic heterocycles. The Kier molecular flexibility index (Phi) is 3.49. The monoisotopic (exact) mass is 302 g/mol. The smallest absolute Gasteiger partial charge is 0.181 e. The van der Waals surface area contributed by atoms with Gasteiger partial charge in [-0.05, 0) is 60.7 Å². The Hall–Kier alpha value is -0.890. The van der Waals surface area contributed by atoms with Crippen LogP contribution in [-0.2, 0) is 4.79 Å². The second kappa shape index (κ2) is 4.80. The summed E-state index contributed by atoms with van der Waals surface area (Å²) >= 11 is 0. The molecule has 0 unspecified atom stereocenters. The van der Waals surface area contributed by atoms with Gasteiger partial charge in [0.15, 0.2) is 5.78 Å². The molecule has 122 valence electrons. The number of hydrogen-bond acceptors (Lipinski definition) is 2. The highest BCUT2D eigenvalue weighted by Crippen LogP contribution is 2.64. The second-order valence-corrected chi connectivity index (χ2v) is 8.86. The lowest BCUT2D eigenvalue weighted by atomic mass is 9.45. The molecule has 1 N–H and O–H groups in total. The van der Waals surface area contributed by atoms with E-state index in [4.69, 9.17) is 0 Å². The molecule has 22 heavy (non-hydrogen) atoms. The van der Waals surface area contributed by atoms with Gasteiger partial charge in [-0.25, -0.2) is 0 Å². The molecule has 0 aromatic carbocycles. The molecule has 0 spiro atoms. The molecule has 2 heteroatoms. The standard InChI is InChI=1S/C20H30O2/c1-13(2)17-14-7-8-16-18(3,4)10-6-11-19(16,5)20(14,22)12-9-15(17)21/h9,12-13,16,22H,6-8,10-11H2,1-5H3/t16-,19-,20+/m0/s1. The van der Waals surface area contributed by atoms with Gasteiger partial charge in [-0.15, -0.1) is 0 Å². The minimum absolute atomic E-state index is 0.104. The van der Waals surface area contributed by atoms with Crippen molar-refractivity contribution < 1.29 is 9.90 Å². The first-order valence-electron chi connectivity index (χ1n) is 8.83. The minimum atomic E-state index is -0.929. The zero-order chi connectivity index (χ0) is 16.3. The van der Waals surface area contributed by atoms with Gasteiger partial charge in [0.25, 0.3) is 0 Å². The Morgan fingerprint density at radius 3 is 2.55 bits per heavy atom. The molecule has 0 saturated heterocycles. The number of ketones is 1. The van der Waals surface area contributed by atoms with Crippen LogP contribution in [0, 0.1) is 22.7 Å². The molecular formula is C20H30O2. The lowest BCUT2D eigenvalue weighted by Gasteiger charge is -2.61. The number of aliphatic hydroxyl groups is 1. The van der Waals surface area contributed by atoms with E-state index in [0.29, 0.717) is 5.92 Å². The first-order valence-corrected chi connectivity index (χ1v) is 8.83. The molecule has 0 bridgehead atoms. The first kappa shape index (κ1) is 16.0. The Morgan fingerprint density at radius 1 is 1.23 bits per heavy atom. The highest BCUT2D eigenvalue weighted by Gasteiger charge is 2.61. The highest BCUT2D eigenvalue weighted by molar-refractivity contribution is 6.06. The van der Waals surface area contributed by atoms with Gasteiger partial charge < -0.3 is 5.11 Å². The van der Waals surface area contributed by atoms with E-state index in [9.17, 15) is 9.90 Å². The third kappa shape index (κ3) is 1.92. The maximum atomic E-state index is 12.4. The summed E-state index contributed by atoms with van der Waals surface area (Å²) in [4.78, 5) is 12.4. The molecule has 0 heterocycles. The quantitative estimate of drug-likeness (QED) is 0.777. The molecule has 2 fully saturated rings. The van der Waals surface area contributed by atoms with Crippen LogP contribution in [0.15, 0.2) is 23.3 Å². The molecule has 3 atom stereocenters. The summed E-state index contributed by atoms with van der Waals surface area (Å²) in [5.41, 5.74) is 1.07. The SMILES string of the molecule is CC(C)C1=C2CC[C@H]3C(C)(C)CCC[C@]3(C)[C@@]2(O)C=CC1=O. The van der Waals surface area contributed by atoms with Gasteiger partial charge in [0.05, 0.1) is 0 Å². The molecule has 3 aliphatic carbocycles. The van der Waals surface area contributed by atoms with Crippen molar-refractivity contribution in [3.63, 3.8) is 0 Å². The van der Waals surface area contributed by atoms with E-state index in [1.807, 2.05) is 6.08 Å². The fourth-order valence-electron chi connectivity index (χ4n) is 5.81. The van der Waals surface area contributed by atoms with Crippen molar-refractivity contribution in [2.24, 2.45) is 22.7 Å². The number of fused-ring (bicyclic) bond motifs is 3. The van der Waals surface area contributed by atoms with E-state index >= 15 is 0 Å². The van der Waals surface area contributed by atoms with Gasteiger partial charge in [0.1, 0.15) is 5.60 Å². The van der Waals surface area contributed by atoms with Crippen molar-refractivity contribution in [1.82, 2.24) is 0 Å². The van der Waals surface area contributed by atoms with Gasteiger partial charge in [-0.1, -0.05) is 41.0 Å². The Balaban J connectivity index is 2.17. The van der Waals surface area contributed by atoms with Crippen LogP contribution in [0.1, 0.15) is 66.7 Å². The van der Waals surface area contributed by atoms with Crippen molar-refractivity contribution >= 4 is 5.78 Å². The summed E-state index contributed by atoms with van der Waals surface area (Å²) < 4.78 is 0. The molecule has 0 aromatic rings. The summed E-state index contributed by atoms with van der Waals surface area (Å²) in [5, 5.41) is 11.7. The molecule has 3 aliphatic rings. The maximum absolute atomic E-state index is 12.4. The zero-order valence-electron chi connectivity index (χ0n) is 14.7. The van der Waals surface area contributed by atoms with Crippen molar-refractivity contribution in [2.45, 2.75) is 72.3 Å². The first-order chi connectivity index (χ1) is 10.1. The van der Waals surface area contributed by atoms with Crippen LogP contribution in [-0.4, -0.2) is 16.5 Å². The van der Waals surface area contributed by atoms with E-state index in [1.54, 1.807) is 6.08 Å². The largest absolute Gasteiger partial charge is 0.381 e. The van der Waals surface area contributed by atoms with E-state index in [-0.39, 0.29) is 22.5 Å². The third-order valence-corrected chi connectivity index (χ3v) is 6.89. The molecule has 2 nitrogen and oxygen atoms in total. The average Bonchev–Trinajstić information content (AvgIpc) is 2.39. The van der Waals surface area contributed by atoms with Crippen molar-refractivity contribution in [1.29, 1.82) is 0 Å². The molecule has 0 radical (unpaired) electrons. The van der Waals surface area contributed by atoms with Crippen molar-refractivity contribution in [2.75, 3.05) is 0 Å². The summed E-state index contributed by atoms with van der Waals surface area (Å²) in [6, 6.07) is 0. The second-order valence-electron chi connectivity index (χ2n) is 8.86. The molecule has 0 aliphatic heterocycles. The number of rotatable bonds is 1. The summed E-state index contributed by atoms with van der Waals surface area (Å²) in [6.07, 6.45) is 8.86. The van der Waals surface area contributed by atoms with Gasteiger partial charge >= 0.3 is 0 Å². The van der Waals surface area contributed by atoms with Crippen molar-refractivity contribution in [3.05, 3.63) is 23.3 Å². The third-order valence-electron chi connectivity index (χ3n) is 6.89. The van der Waals surface area contributed by atoms with Gasteiger partial charge in [0, 0.05) is 11.0 Å². The molecular weight excluding hydrogens is 272 g/mol. The Morgan fingerprint density at radius 2 is 1.91 bits per heavy atom. The number of allylic oxidation sites excluding steroid dienone is 2. The Bertz CT molecular complexity index is 566. The fraction of sp³-hybridized carbons (Fsp3) is 0.750. The normalized spacial score (nSPS) is 40.7. The van der Waals surface area contributed by atoms with E-state index in [1.165, 1.54) is 6.42 Å². The highest BCUT2D eigenvalue weighted by atomic mass is 16.3. The van der Waals surface area contributed by atoms with Gasteiger partial charge in [-0.2, -0.15) is 0 Å². The van der Waals surface area contributed by atoms with E-state index in [2.05, 4.69) is 34.6 Å². The predicted octanol–water partition coefficient (Wildman–Crippen LogP) is 4.44. The van der Waals surface area contributed by atoms with Crippen LogP contribution >= 0.6 is 0 Å². The topological polar surface area (TPSA) is 37.3 Å². The van der Waals surface area contributed by atoms with E-state index in [0.717, 1.165) is 36.8 Å². The average molecular weight is 302 g/mol. The fourth-order valence-corrected chi connectivity index (χ4v) is 5.81. The molecule has 3 rings (SSSR count). The van der Waals surface area contributed by atoms with Gasteiger partial charge in [0.2, 0.25) is 0 Å². The summed E-state index contributed by atoms with van der Waals surface area (Å²) in [7, 11) is 0. The zero-order valence-corrected chi connectivity index (χ0v) is 14.7. The van der Waals surface area contributed by atoms with Crippen LogP contribution < -0.4 is 0 Å². The lowest BCUT2D eigenvalue weighted by Crippen LogP contribution is -2.60. The van der Waals surface area contributed by atoms with Crippen molar-refractivity contribution in [3.8, 4) is 0 Å². The van der Waals surface area contributed by atoms with Crippen LogP contribution in [0.2, 0.25) is 0 Å². The van der Waals surface area contributed by atoms with Crippen LogP contribution in [0.4, 0.5) is 0 Å². The number of carbonyl (C=O) groups excluding carboxylic acids is 1. The van der Waals surface area contributed by atoms with Crippen LogP contribution in [0.5, 0.6) is 0 Å². The van der Waals surface area contributed by atoms with E-state index < -0.39 is 5.60 Å². The molecule has 2 saturated carbocycles. The number of carbonyl (C=O) groups is 1. The lowest BCUT2D eigenvalue weighted by molar-refractivity contribution is -0.134. The Labute approximate surface area is 134 Å². The number of hydrogen-bond donors (Lipinski definition) is 1. The maximum Gasteiger partial charge on any atom is 0.181 e. The molecule has 0 amide bonds. The summed E-state index contributed by atoms with van der Waals surface area (Å²) in [6.45, 7) is 11.1. The van der Waals surface area contributed by atoms with Crippen LogP contribution in [0.3, 0.4) is 0 Å².